The van der Waals surface area contributed by atoms with Gasteiger partial charge < -0.3 is 36.8 Å². The third-order valence-corrected chi connectivity index (χ3v) is 7.42. The first-order valence-electron chi connectivity index (χ1n) is 16.8. The number of carbonyl (C=O) groups is 5. The van der Waals surface area contributed by atoms with Crippen molar-refractivity contribution >= 4 is 41.0 Å². The Morgan fingerprint density at radius 1 is 0.765 bits per heavy atom. The molecule has 0 aliphatic rings. The van der Waals surface area contributed by atoms with Crippen LogP contribution in [0.2, 0.25) is 0 Å². The molecule has 0 saturated carbocycles. The molecule has 7 N–H and O–H groups in total. The third kappa shape index (κ3) is 17.2. The zero-order valence-corrected chi connectivity index (χ0v) is 29.7. The van der Waals surface area contributed by atoms with Crippen molar-refractivity contribution in [2.45, 2.75) is 97.7 Å². The van der Waals surface area contributed by atoms with Crippen LogP contribution < -0.4 is 26.6 Å². The Morgan fingerprint density at radius 3 is 1.76 bits per heavy atom. The van der Waals surface area contributed by atoms with Crippen LogP contribution in [0.5, 0.6) is 0 Å². The van der Waals surface area contributed by atoms with E-state index >= 15 is 0 Å². The second-order valence-corrected chi connectivity index (χ2v) is 13.9. The van der Waals surface area contributed by atoms with E-state index in [1.54, 1.807) is 48.5 Å². The Labute approximate surface area is 297 Å². The molecule has 0 spiro atoms. The summed E-state index contributed by atoms with van der Waals surface area (Å²) in [6.45, 7) is 9.31. The van der Waals surface area contributed by atoms with Gasteiger partial charge in [0.15, 0.2) is 5.82 Å². The van der Waals surface area contributed by atoms with Gasteiger partial charge in [-0.15, -0.1) is 0 Å². The number of carboxylic acid groups (broad SMARTS) is 2. The van der Waals surface area contributed by atoms with Gasteiger partial charge in [-0.25, -0.2) is 9.59 Å². The molecule has 0 aromatic heterocycles. The monoisotopic (exact) mass is 710 g/mol. The largest absolute Gasteiger partial charge is 0.480 e. The fourth-order valence-corrected chi connectivity index (χ4v) is 5.08. The Morgan fingerprint density at radius 2 is 1.27 bits per heavy atom. The summed E-state index contributed by atoms with van der Waals surface area (Å²) in [5, 5.41) is 44.1. The highest BCUT2D eigenvalue weighted by molar-refractivity contribution is 5.91. The molecule has 15 heteroatoms. The van der Waals surface area contributed by atoms with Gasteiger partial charge in [-0.2, -0.15) is 0 Å². The first-order chi connectivity index (χ1) is 23.9. The first kappa shape index (κ1) is 41.7. The van der Waals surface area contributed by atoms with Crippen molar-refractivity contribution in [2.75, 3.05) is 10.6 Å². The van der Waals surface area contributed by atoms with E-state index in [0.717, 1.165) is 6.20 Å². The van der Waals surface area contributed by atoms with Crippen molar-refractivity contribution < 1.29 is 39.1 Å². The Balaban J connectivity index is 1.97. The minimum absolute atomic E-state index is 0.0120. The highest BCUT2D eigenvalue weighted by Gasteiger charge is 2.28. The number of nitrogens with zero attached hydrogens (tertiary/aromatic N) is 1. The Kier molecular flexibility index (Phi) is 16.6. The minimum Gasteiger partial charge on any atom is -0.480 e. The molecule has 0 bridgehead atoms. The van der Waals surface area contributed by atoms with Gasteiger partial charge in [-0.1, -0.05) is 77.8 Å². The summed E-state index contributed by atoms with van der Waals surface area (Å²) in [6, 6.07) is 12.1. The van der Waals surface area contributed by atoms with Crippen LogP contribution in [0.1, 0.15) is 78.7 Å². The van der Waals surface area contributed by atoms with E-state index < -0.39 is 46.8 Å². The number of amides is 3. The third-order valence-electron chi connectivity index (χ3n) is 7.42. The maximum absolute atomic E-state index is 13.2. The van der Waals surface area contributed by atoms with E-state index in [0.29, 0.717) is 23.4 Å². The topological polar surface area (TPSA) is 229 Å². The van der Waals surface area contributed by atoms with Crippen molar-refractivity contribution in [1.29, 1.82) is 0 Å². The number of para-hydroxylation sites is 1. The average molecular weight is 711 g/mol. The van der Waals surface area contributed by atoms with Crippen LogP contribution in [0, 0.1) is 21.4 Å². The smallest absolute Gasteiger partial charge is 0.326 e. The van der Waals surface area contributed by atoms with Gasteiger partial charge in [0, 0.05) is 17.8 Å². The van der Waals surface area contributed by atoms with Crippen molar-refractivity contribution in [1.82, 2.24) is 16.0 Å². The first-order valence-corrected chi connectivity index (χ1v) is 16.8. The van der Waals surface area contributed by atoms with Crippen LogP contribution in [-0.2, 0) is 30.4 Å². The van der Waals surface area contributed by atoms with Crippen LogP contribution in [0.4, 0.5) is 11.4 Å². The molecule has 0 radical (unpaired) electrons. The van der Waals surface area contributed by atoms with Crippen LogP contribution in [0.25, 0.3) is 0 Å². The predicted octanol–water partition coefficient (Wildman–Crippen LogP) is 4.50. The number of carboxylic acids is 2. The molecule has 51 heavy (non-hydrogen) atoms. The van der Waals surface area contributed by atoms with Gasteiger partial charge in [-0.05, 0) is 60.4 Å². The van der Waals surface area contributed by atoms with Crippen molar-refractivity contribution in [3.8, 4) is 0 Å². The quantitative estimate of drug-likeness (QED) is 0.0542. The number of anilines is 2. The number of carbonyl (C=O) groups excluding carboxylic acids is 3. The molecule has 0 fully saturated rings. The van der Waals surface area contributed by atoms with E-state index in [-0.39, 0.29) is 61.6 Å². The Bertz CT molecular complexity index is 1520. The minimum atomic E-state index is -1.27. The zero-order valence-electron chi connectivity index (χ0n) is 29.7. The molecular formula is C36H50N6O9. The van der Waals surface area contributed by atoms with Crippen molar-refractivity contribution in [3.63, 3.8) is 0 Å². The van der Waals surface area contributed by atoms with Gasteiger partial charge in [-0.3, -0.25) is 24.5 Å². The van der Waals surface area contributed by atoms with Gasteiger partial charge >= 0.3 is 11.9 Å². The summed E-state index contributed by atoms with van der Waals surface area (Å²) in [5.41, 5.74) is 1.46. The van der Waals surface area contributed by atoms with E-state index in [2.05, 4.69) is 26.6 Å². The highest BCUT2D eigenvalue weighted by Crippen LogP contribution is 2.19. The summed E-state index contributed by atoms with van der Waals surface area (Å²) < 4.78 is 0. The maximum atomic E-state index is 13.2. The van der Waals surface area contributed by atoms with Crippen LogP contribution in [-0.4, -0.2) is 62.9 Å². The number of hydrogen-bond acceptors (Lipinski definition) is 9. The predicted molar refractivity (Wildman–Crippen MR) is 192 cm³/mol. The number of unbranched alkanes of at least 4 members (excludes halogenated alkanes) is 1. The molecule has 2 aromatic carbocycles. The molecule has 3 amide bonds. The molecular weight excluding hydrogens is 660 g/mol. The van der Waals surface area contributed by atoms with E-state index in [1.165, 1.54) is 0 Å². The molecule has 0 aliphatic carbocycles. The molecule has 3 unspecified atom stereocenters. The molecule has 2 rings (SSSR count). The number of hydrogen-bond donors (Lipinski definition) is 7. The van der Waals surface area contributed by atoms with Crippen LogP contribution >= 0.6 is 0 Å². The fourth-order valence-electron chi connectivity index (χ4n) is 5.08. The molecule has 278 valence electrons. The number of nitro groups is 1. The van der Waals surface area contributed by atoms with Gasteiger partial charge in [0.25, 0.3) is 6.20 Å². The van der Waals surface area contributed by atoms with E-state index in [9.17, 15) is 44.3 Å². The number of rotatable bonds is 21. The van der Waals surface area contributed by atoms with Crippen LogP contribution in [0.15, 0.2) is 66.6 Å². The summed E-state index contributed by atoms with van der Waals surface area (Å²) >= 11 is 0. The number of nitrogens with one attached hydrogen (secondary N) is 5. The summed E-state index contributed by atoms with van der Waals surface area (Å²) in [5.74, 6) is -3.84. The lowest BCUT2D eigenvalue weighted by molar-refractivity contribution is -0.403. The summed E-state index contributed by atoms with van der Waals surface area (Å²) in [6.07, 6.45) is 1.80. The molecule has 0 saturated heterocycles. The van der Waals surface area contributed by atoms with Crippen LogP contribution in [0.3, 0.4) is 0 Å². The lowest BCUT2D eigenvalue weighted by Crippen LogP contribution is -2.52. The lowest BCUT2D eigenvalue weighted by Gasteiger charge is -2.23. The second kappa shape index (κ2) is 20.3. The van der Waals surface area contributed by atoms with Gasteiger partial charge in [0.1, 0.15) is 18.1 Å². The van der Waals surface area contributed by atoms with E-state index in [4.69, 9.17) is 0 Å². The van der Waals surface area contributed by atoms with Crippen molar-refractivity contribution in [3.05, 3.63) is 82.3 Å². The van der Waals surface area contributed by atoms with Crippen molar-refractivity contribution in [2.24, 2.45) is 11.3 Å². The molecule has 15 nitrogen and oxygen atoms in total. The molecule has 0 heterocycles. The lowest BCUT2D eigenvalue weighted by atomic mass is 9.91. The molecule has 0 aliphatic heterocycles. The SMILES string of the molecule is CC(C)CC(NC(=O)Cc1ccc(N/C(=C/[N+](=O)[O-])Nc2ccccc2)cc1)C(=O)NC(CCCCC(NC(=O)CC(C)(C)C)C(=O)O)C(=O)O. The fraction of sp³-hybridized carbons (Fsp3) is 0.472. The molecule has 2 aromatic rings. The number of aliphatic carboxylic acids is 2. The molecule has 3 atom stereocenters. The highest BCUT2D eigenvalue weighted by atomic mass is 16.6. The van der Waals surface area contributed by atoms with Gasteiger partial charge in [0.05, 0.1) is 11.3 Å². The normalized spacial score (nSPS) is 13.3. The van der Waals surface area contributed by atoms with Gasteiger partial charge in [0.2, 0.25) is 17.7 Å². The Hall–Kier alpha value is -5.47. The zero-order chi connectivity index (χ0) is 38.1. The maximum Gasteiger partial charge on any atom is 0.326 e. The van der Waals surface area contributed by atoms with E-state index in [1.807, 2.05) is 40.7 Å². The summed E-state index contributed by atoms with van der Waals surface area (Å²) in [4.78, 5) is 72.7. The standard InChI is InChI=1S/C36H50N6O9/c1-23(2)19-29(33(45)41-28(35(48)49)14-10-9-13-27(34(46)47)39-32(44)21-36(3,4)5)40-31(43)20-24-15-17-26(18-16-24)38-30(22-42(50)51)37-25-11-7-6-8-12-25/h6-8,11-12,15-18,22-23,27-29,37-38H,9-10,13-14,19-21H2,1-5H3,(H,39,44)(H,40,43)(H,41,45)(H,46,47)(H,48,49)/b30-22+. The number of benzene rings is 2. The average Bonchev–Trinajstić information content (AvgIpc) is 3.01. The second-order valence-electron chi connectivity index (χ2n) is 13.9. The summed E-state index contributed by atoms with van der Waals surface area (Å²) in [7, 11) is 0.